The van der Waals surface area contributed by atoms with Crippen LogP contribution in [0.3, 0.4) is 0 Å². The molecule has 0 bridgehead atoms. The van der Waals surface area contributed by atoms with E-state index in [2.05, 4.69) is 17.3 Å². The van der Waals surface area contributed by atoms with Gasteiger partial charge in [-0.25, -0.2) is 4.98 Å². The lowest BCUT2D eigenvalue weighted by Crippen LogP contribution is -3.12. The Morgan fingerprint density at radius 2 is 2.10 bits per heavy atom. The molecule has 1 saturated heterocycles. The molecule has 1 aromatic carbocycles. The Bertz CT molecular complexity index is 623. The van der Waals surface area contributed by atoms with E-state index in [0.717, 1.165) is 29.5 Å². The number of benzene rings is 1. The molecule has 0 radical (unpaired) electrons. The van der Waals surface area contributed by atoms with E-state index >= 15 is 0 Å². The Hall–Kier alpha value is -1.30. The molecule has 2 heterocycles. The van der Waals surface area contributed by atoms with Gasteiger partial charge in [-0.05, 0) is 18.2 Å². The molecule has 0 saturated carbocycles. The average molecular weight is 325 g/mol. The summed E-state index contributed by atoms with van der Waals surface area (Å²) in [5, 5.41) is 3.82. The fourth-order valence-electron chi connectivity index (χ4n) is 2.45. The zero-order chi connectivity index (χ0) is 14.8. The molecule has 4 nitrogen and oxygen atoms in total. The molecule has 2 aromatic rings. The molecule has 21 heavy (non-hydrogen) atoms. The fraction of sp³-hybridized carbons (Fsp3) is 0.400. The zero-order valence-electron chi connectivity index (χ0n) is 12.2. The van der Waals surface area contributed by atoms with Crippen molar-refractivity contribution in [3.63, 3.8) is 0 Å². The summed E-state index contributed by atoms with van der Waals surface area (Å²) in [6.45, 7) is 4.48. The SMILES string of the molecule is COc1ccc(-c2csc(N3CC[NH+](C)CC3)n2)cc1Cl. The molecule has 1 fully saturated rings. The number of anilines is 1. The summed E-state index contributed by atoms with van der Waals surface area (Å²) in [6.07, 6.45) is 0. The Kier molecular flexibility index (Phi) is 4.33. The lowest BCUT2D eigenvalue weighted by atomic mass is 10.2. The summed E-state index contributed by atoms with van der Waals surface area (Å²) in [7, 11) is 3.86. The molecule has 112 valence electrons. The van der Waals surface area contributed by atoms with Crippen molar-refractivity contribution in [1.82, 2.24) is 4.98 Å². The summed E-state index contributed by atoms with van der Waals surface area (Å²) in [5.41, 5.74) is 2.01. The van der Waals surface area contributed by atoms with Gasteiger partial charge in [-0.2, -0.15) is 0 Å². The van der Waals surface area contributed by atoms with Crippen molar-refractivity contribution in [2.45, 2.75) is 0 Å². The van der Waals surface area contributed by atoms with E-state index in [1.807, 2.05) is 18.2 Å². The number of rotatable bonds is 3. The predicted octanol–water partition coefficient (Wildman–Crippen LogP) is 1.81. The minimum absolute atomic E-state index is 0.618. The number of thiazole rings is 1. The second kappa shape index (κ2) is 6.22. The third-order valence-electron chi connectivity index (χ3n) is 3.83. The molecule has 1 aromatic heterocycles. The van der Waals surface area contributed by atoms with E-state index in [1.165, 1.54) is 13.1 Å². The molecule has 1 aliphatic rings. The zero-order valence-corrected chi connectivity index (χ0v) is 13.8. The molecule has 6 heteroatoms. The van der Waals surface area contributed by atoms with Crippen molar-refractivity contribution in [3.05, 3.63) is 28.6 Å². The van der Waals surface area contributed by atoms with Gasteiger partial charge < -0.3 is 14.5 Å². The van der Waals surface area contributed by atoms with Gasteiger partial charge in [0, 0.05) is 10.9 Å². The van der Waals surface area contributed by atoms with Crippen LogP contribution in [0, 0.1) is 0 Å². The van der Waals surface area contributed by atoms with Gasteiger partial charge in [0.05, 0.1) is 51.1 Å². The van der Waals surface area contributed by atoms with Gasteiger partial charge in [0.1, 0.15) is 5.75 Å². The number of methoxy groups -OCH3 is 1. The monoisotopic (exact) mass is 324 g/mol. The average Bonchev–Trinajstić information content (AvgIpc) is 2.98. The number of nitrogens with zero attached hydrogens (tertiary/aromatic N) is 2. The lowest BCUT2D eigenvalue weighted by molar-refractivity contribution is -0.880. The summed E-state index contributed by atoms with van der Waals surface area (Å²) >= 11 is 7.89. The highest BCUT2D eigenvalue weighted by Crippen LogP contribution is 2.32. The summed E-state index contributed by atoms with van der Waals surface area (Å²) in [5.74, 6) is 0.693. The van der Waals surface area contributed by atoms with Gasteiger partial charge in [0.25, 0.3) is 0 Å². The number of piperazine rings is 1. The highest BCUT2D eigenvalue weighted by Gasteiger charge is 2.19. The van der Waals surface area contributed by atoms with Crippen molar-refractivity contribution < 1.29 is 9.64 Å². The maximum absolute atomic E-state index is 6.19. The molecular formula is C15H19ClN3OS+. The molecule has 1 aliphatic heterocycles. The second-order valence-corrected chi connectivity index (χ2v) is 6.55. The maximum Gasteiger partial charge on any atom is 0.186 e. The number of nitrogens with one attached hydrogen (secondary N) is 1. The van der Waals surface area contributed by atoms with Crippen LogP contribution in [0.2, 0.25) is 5.02 Å². The molecule has 1 N–H and O–H groups in total. The Labute approximate surface area is 133 Å². The number of likely N-dealkylation sites (N-methyl/N-ethyl adjacent to an activating group) is 1. The smallest absolute Gasteiger partial charge is 0.186 e. The first-order valence-electron chi connectivity index (χ1n) is 7.03. The Balaban J connectivity index is 1.80. The topological polar surface area (TPSA) is 29.8 Å². The van der Waals surface area contributed by atoms with Gasteiger partial charge in [-0.15, -0.1) is 11.3 Å². The van der Waals surface area contributed by atoms with Gasteiger partial charge in [-0.1, -0.05) is 11.6 Å². The number of halogens is 1. The summed E-state index contributed by atoms with van der Waals surface area (Å²) in [6, 6.07) is 5.79. The molecule has 3 rings (SSSR count). The highest BCUT2D eigenvalue weighted by molar-refractivity contribution is 7.14. The van der Waals surface area contributed by atoms with Gasteiger partial charge >= 0.3 is 0 Å². The molecule has 0 unspecified atom stereocenters. The normalized spacial score (nSPS) is 16.2. The van der Waals surface area contributed by atoms with Crippen LogP contribution in [0.25, 0.3) is 11.3 Å². The van der Waals surface area contributed by atoms with Crippen LogP contribution in [0.15, 0.2) is 23.6 Å². The van der Waals surface area contributed by atoms with Crippen molar-refractivity contribution >= 4 is 28.1 Å². The van der Waals surface area contributed by atoms with Crippen molar-refractivity contribution in [2.75, 3.05) is 45.2 Å². The van der Waals surface area contributed by atoms with E-state index in [0.29, 0.717) is 10.8 Å². The standard InChI is InChI=1S/C15H18ClN3OS/c1-18-5-7-19(8-6-18)15-17-13(10-21-15)11-3-4-14(20-2)12(16)9-11/h3-4,9-10H,5-8H2,1-2H3/p+1. The van der Waals surface area contributed by atoms with Crippen LogP contribution in [-0.4, -0.2) is 45.3 Å². The predicted molar refractivity (Wildman–Crippen MR) is 87.9 cm³/mol. The number of quaternary nitrogens is 1. The Morgan fingerprint density at radius 1 is 1.33 bits per heavy atom. The third kappa shape index (κ3) is 3.15. The molecule has 0 amide bonds. The van der Waals surface area contributed by atoms with E-state index in [-0.39, 0.29) is 0 Å². The minimum Gasteiger partial charge on any atom is -0.495 e. The van der Waals surface area contributed by atoms with Crippen molar-refractivity contribution in [2.24, 2.45) is 0 Å². The van der Waals surface area contributed by atoms with Crippen LogP contribution in [-0.2, 0) is 0 Å². The fourth-order valence-corrected chi connectivity index (χ4v) is 3.59. The van der Waals surface area contributed by atoms with E-state index < -0.39 is 0 Å². The molecular weight excluding hydrogens is 306 g/mol. The molecule has 0 spiro atoms. The van der Waals surface area contributed by atoms with E-state index in [9.17, 15) is 0 Å². The van der Waals surface area contributed by atoms with Crippen LogP contribution < -0.4 is 14.5 Å². The number of ether oxygens (including phenoxy) is 1. The van der Waals surface area contributed by atoms with Crippen molar-refractivity contribution in [3.8, 4) is 17.0 Å². The minimum atomic E-state index is 0.618. The summed E-state index contributed by atoms with van der Waals surface area (Å²) in [4.78, 5) is 8.72. The number of hydrogen-bond acceptors (Lipinski definition) is 4. The van der Waals surface area contributed by atoms with Crippen LogP contribution >= 0.6 is 22.9 Å². The molecule has 0 atom stereocenters. The summed E-state index contributed by atoms with van der Waals surface area (Å²) < 4.78 is 5.19. The first-order chi connectivity index (χ1) is 10.2. The van der Waals surface area contributed by atoms with Crippen LogP contribution in [0.4, 0.5) is 5.13 Å². The Morgan fingerprint density at radius 3 is 2.76 bits per heavy atom. The second-order valence-electron chi connectivity index (χ2n) is 5.31. The van der Waals surface area contributed by atoms with Crippen LogP contribution in [0.1, 0.15) is 0 Å². The van der Waals surface area contributed by atoms with E-state index in [1.54, 1.807) is 23.3 Å². The quantitative estimate of drug-likeness (QED) is 0.934. The van der Waals surface area contributed by atoms with Crippen molar-refractivity contribution in [1.29, 1.82) is 0 Å². The number of aromatic nitrogens is 1. The van der Waals surface area contributed by atoms with E-state index in [4.69, 9.17) is 21.3 Å². The van der Waals surface area contributed by atoms with Crippen LogP contribution in [0.5, 0.6) is 5.75 Å². The van der Waals surface area contributed by atoms with Gasteiger partial charge in [0.15, 0.2) is 5.13 Å². The number of hydrogen-bond donors (Lipinski definition) is 1. The lowest BCUT2D eigenvalue weighted by Gasteiger charge is -2.29. The maximum atomic E-state index is 6.19. The first kappa shape index (κ1) is 14.6. The first-order valence-corrected chi connectivity index (χ1v) is 8.29. The molecule has 0 aliphatic carbocycles. The third-order valence-corrected chi connectivity index (χ3v) is 5.02. The largest absolute Gasteiger partial charge is 0.495 e. The van der Waals surface area contributed by atoms with Gasteiger partial charge in [0.2, 0.25) is 0 Å². The highest BCUT2D eigenvalue weighted by atomic mass is 35.5. The van der Waals surface area contributed by atoms with Gasteiger partial charge in [-0.3, -0.25) is 0 Å².